The van der Waals surface area contributed by atoms with Crippen molar-refractivity contribution < 1.29 is 9.72 Å². The van der Waals surface area contributed by atoms with Gasteiger partial charge in [0.25, 0.3) is 11.6 Å². The van der Waals surface area contributed by atoms with Crippen molar-refractivity contribution >= 4 is 17.3 Å². The van der Waals surface area contributed by atoms with Crippen molar-refractivity contribution in [2.24, 2.45) is 11.7 Å². The molecule has 2 aliphatic rings. The number of rotatable bonds is 4. The van der Waals surface area contributed by atoms with Crippen molar-refractivity contribution in [2.75, 3.05) is 31.1 Å². The predicted octanol–water partition coefficient (Wildman–Crippen LogP) is 2.39. The number of benzene rings is 1. The van der Waals surface area contributed by atoms with Gasteiger partial charge in [0, 0.05) is 43.9 Å². The summed E-state index contributed by atoms with van der Waals surface area (Å²) in [6.07, 6.45) is 3.87. The first-order valence-electron chi connectivity index (χ1n) is 9.05. The van der Waals surface area contributed by atoms with Gasteiger partial charge in [0.1, 0.15) is 5.69 Å². The first-order valence-corrected chi connectivity index (χ1v) is 9.05. The average Bonchev–Trinajstić information content (AvgIpc) is 3.15. The van der Waals surface area contributed by atoms with Crippen molar-refractivity contribution in [3.63, 3.8) is 0 Å². The van der Waals surface area contributed by atoms with E-state index in [9.17, 15) is 14.9 Å². The lowest BCUT2D eigenvalue weighted by Crippen LogP contribution is -2.42. The monoisotopic (exact) mass is 346 g/mol. The number of nitrogens with two attached hydrogens (primary N) is 1. The summed E-state index contributed by atoms with van der Waals surface area (Å²) in [5.74, 6) is 0.315. The van der Waals surface area contributed by atoms with E-state index in [-0.39, 0.29) is 22.6 Å². The number of hydrogen-bond donors (Lipinski definition) is 1. The van der Waals surface area contributed by atoms with Crippen molar-refractivity contribution in [3.05, 3.63) is 33.9 Å². The Kier molecular flexibility index (Phi) is 5.22. The summed E-state index contributed by atoms with van der Waals surface area (Å²) in [7, 11) is 0. The van der Waals surface area contributed by atoms with E-state index in [1.165, 1.54) is 6.07 Å². The number of likely N-dealkylation sites (tertiary alicyclic amines) is 1. The van der Waals surface area contributed by atoms with Gasteiger partial charge in [-0.05, 0) is 50.7 Å². The summed E-state index contributed by atoms with van der Waals surface area (Å²) in [4.78, 5) is 27.7. The van der Waals surface area contributed by atoms with E-state index in [4.69, 9.17) is 5.73 Å². The maximum absolute atomic E-state index is 12.7. The minimum absolute atomic E-state index is 0.0261. The molecule has 7 nitrogen and oxygen atoms in total. The summed E-state index contributed by atoms with van der Waals surface area (Å²) < 4.78 is 0. The Morgan fingerprint density at radius 3 is 2.44 bits per heavy atom. The first kappa shape index (κ1) is 17.7. The van der Waals surface area contributed by atoms with Gasteiger partial charge in [-0.15, -0.1) is 0 Å². The Morgan fingerprint density at radius 1 is 1.24 bits per heavy atom. The van der Waals surface area contributed by atoms with Gasteiger partial charge in [-0.1, -0.05) is 0 Å². The molecule has 1 aromatic carbocycles. The lowest BCUT2D eigenvalue weighted by Gasteiger charge is -2.33. The van der Waals surface area contributed by atoms with Gasteiger partial charge in [0.05, 0.1) is 4.92 Å². The number of amides is 1. The fourth-order valence-electron chi connectivity index (χ4n) is 3.84. The van der Waals surface area contributed by atoms with Crippen LogP contribution in [0, 0.1) is 16.0 Å². The molecule has 1 aromatic rings. The molecule has 0 saturated carbocycles. The minimum atomic E-state index is -0.382. The highest BCUT2D eigenvalue weighted by Gasteiger charge is 2.28. The van der Waals surface area contributed by atoms with Crippen LogP contribution in [0.3, 0.4) is 0 Å². The van der Waals surface area contributed by atoms with Gasteiger partial charge < -0.3 is 15.5 Å². The van der Waals surface area contributed by atoms with Gasteiger partial charge in [0.2, 0.25) is 0 Å². The quantitative estimate of drug-likeness (QED) is 0.667. The molecule has 0 spiro atoms. The molecule has 1 unspecified atom stereocenters. The van der Waals surface area contributed by atoms with Crippen LogP contribution in [0.15, 0.2) is 18.2 Å². The maximum Gasteiger partial charge on any atom is 0.293 e. The molecule has 25 heavy (non-hydrogen) atoms. The summed E-state index contributed by atoms with van der Waals surface area (Å²) in [6.45, 7) is 4.99. The molecule has 1 atom stereocenters. The number of nitro benzene ring substituents is 1. The van der Waals surface area contributed by atoms with Gasteiger partial charge in [0.15, 0.2) is 0 Å². The van der Waals surface area contributed by atoms with E-state index in [2.05, 4.69) is 0 Å². The normalized spacial score (nSPS) is 19.9. The molecule has 0 bridgehead atoms. The van der Waals surface area contributed by atoms with Crippen LogP contribution in [-0.4, -0.2) is 48.0 Å². The van der Waals surface area contributed by atoms with E-state index in [1.54, 1.807) is 17.0 Å². The Bertz CT molecular complexity index is 648. The fraction of sp³-hybridized carbons (Fsp3) is 0.611. The first-order chi connectivity index (χ1) is 12.0. The van der Waals surface area contributed by atoms with E-state index in [0.717, 1.165) is 38.8 Å². The van der Waals surface area contributed by atoms with E-state index >= 15 is 0 Å². The molecule has 2 aliphatic heterocycles. The van der Waals surface area contributed by atoms with Crippen LogP contribution in [-0.2, 0) is 0 Å². The molecule has 0 aliphatic carbocycles. The Labute approximate surface area is 147 Å². The zero-order valence-electron chi connectivity index (χ0n) is 14.7. The molecule has 2 heterocycles. The largest absolute Gasteiger partial charge is 0.366 e. The molecule has 0 aromatic heterocycles. The predicted molar refractivity (Wildman–Crippen MR) is 96.8 cm³/mol. The molecule has 1 amide bonds. The highest BCUT2D eigenvalue weighted by atomic mass is 16.6. The molecule has 2 saturated heterocycles. The smallest absolute Gasteiger partial charge is 0.293 e. The van der Waals surface area contributed by atoms with Gasteiger partial charge >= 0.3 is 0 Å². The SMILES string of the molecule is CC(N)C1CCN(C(=O)c2ccc(N3CCCC3)c([N+](=O)[O-])c2)CC1. The molecule has 2 N–H and O–H groups in total. The second-order valence-corrected chi connectivity index (χ2v) is 7.14. The van der Waals surface area contributed by atoms with Crippen LogP contribution < -0.4 is 10.6 Å². The topological polar surface area (TPSA) is 92.7 Å². The third kappa shape index (κ3) is 3.76. The van der Waals surface area contributed by atoms with Crippen LogP contribution in [0.5, 0.6) is 0 Å². The van der Waals surface area contributed by atoms with Crippen molar-refractivity contribution in [2.45, 2.75) is 38.6 Å². The second kappa shape index (κ2) is 7.39. The third-order valence-corrected chi connectivity index (χ3v) is 5.44. The molecule has 7 heteroatoms. The van der Waals surface area contributed by atoms with Crippen molar-refractivity contribution in [3.8, 4) is 0 Å². The number of carbonyl (C=O) groups excluding carboxylic acids is 1. The van der Waals surface area contributed by atoms with Crippen LogP contribution in [0.1, 0.15) is 43.0 Å². The highest BCUT2D eigenvalue weighted by Crippen LogP contribution is 2.32. The Hall–Kier alpha value is -2.15. The standard InChI is InChI=1S/C18H26N4O3/c1-13(19)14-6-10-21(11-7-14)18(23)15-4-5-16(17(12-15)22(24)25)20-8-2-3-9-20/h4-5,12-14H,2-3,6-11,19H2,1H3. The van der Waals surface area contributed by atoms with E-state index in [0.29, 0.717) is 30.3 Å². The number of carbonyl (C=O) groups is 1. The molecule has 2 fully saturated rings. The minimum Gasteiger partial charge on any atom is -0.366 e. The molecular weight excluding hydrogens is 320 g/mol. The van der Waals surface area contributed by atoms with Crippen LogP contribution >= 0.6 is 0 Å². The van der Waals surface area contributed by atoms with E-state index < -0.39 is 0 Å². The summed E-state index contributed by atoms with van der Waals surface area (Å²) >= 11 is 0. The molecule has 136 valence electrons. The fourth-order valence-corrected chi connectivity index (χ4v) is 3.84. The zero-order valence-corrected chi connectivity index (χ0v) is 14.7. The van der Waals surface area contributed by atoms with Crippen molar-refractivity contribution in [1.29, 1.82) is 0 Å². The number of piperidine rings is 1. The van der Waals surface area contributed by atoms with Crippen LogP contribution in [0.4, 0.5) is 11.4 Å². The summed E-state index contributed by atoms with van der Waals surface area (Å²) in [5, 5.41) is 11.5. The van der Waals surface area contributed by atoms with Gasteiger partial charge in [-0.3, -0.25) is 14.9 Å². The second-order valence-electron chi connectivity index (χ2n) is 7.14. The van der Waals surface area contributed by atoms with Crippen LogP contribution in [0.2, 0.25) is 0 Å². The van der Waals surface area contributed by atoms with Crippen LogP contribution in [0.25, 0.3) is 0 Å². The number of anilines is 1. The number of nitro groups is 1. The summed E-state index contributed by atoms with van der Waals surface area (Å²) in [6, 6.07) is 5.03. The molecule has 0 radical (unpaired) electrons. The average molecular weight is 346 g/mol. The zero-order chi connectivity index (χ0) is 18.0. The Morgan fingerprint density at radius 2 is 1.88 bits per heavy atom. The maximum atomic E-state index is 12.7. The molecule has 3 rings (SSSR count). The molecular formula is C18H26N4O3. The number of nitrogens with zero attached hydrogens (tertiary/aromatic N) is 3. The number of hydrogen-bond acceptors (Lipinski definition) is 5. The lowest BCUT2D eigenvalue weighted by molar-refractivity contribution is -0.384. The van der Waals surface area contributed by atoms with Gasteiger partial charge in [-0.25, -0.2) is 0 Å². The van der Waals surface area contributed by atoms with Crippen molar-refractivity contribution in [1.82, 2.24) is 4.90 Å². The van der Waals surface area contributed by atoms with E-state index in [1.807, 2.05) is 11.8 Å². The third-order valence-electron chi connectivity index (χ3n) is 5.44. The van der Waals surface area contributed by atoms with Gasteiger partial charge in [-0.2, -0.15) is 0 Å². The lowest BCUT2D eigenvalue weighted by atomic mass is 9.90. The highest BCUT2D eigenvalue weighted by molar-refractivity contribution is 5.96. The summed E-state index contributed by atoms with van der Waals surface area (Å²) in [5.41, 5.74) is 6.99. The Balaban J connectivity index is 1.77.